The highest BCUT2D eigenvalue weighted by molar-refractivity contribution is 5.94. The van der Waals surface area contributed by atoms with E-state index >= 15 is 0 Å². The van der Waals surface area contributed by atoms with Crippen LogP contribution in [0.5, 0.6) is 0 Å². The van der Waals surface area contributed by atoms with Crippen LogP contribution in [-0.4, -0.2) is 24.9 Å². The Morgan fingerprint density at radius 2 is 1.46 bits per heavy atom. The van der Waals surface area contributed by atoms with Crippen molar-refractivity contribution >= 4 is 17.5 Å². The van der Waals surface area contributed by atoms with E-state index in [1.807, 2.05) is 30.3 Å². The standard InChI is InChI=1S/C19H23N3O2/c20-13-18(23)21-14-19(24)22-17-11-9-16(10-12-17)8-4-7-15-5-2-1-3-6-15/h1-3,5-6,9-12H,4,7-8,13-14,20H2,(H,21,23)(H,22,24). The van der Waals surface area contributed by atoms with Crippen molar-refractivity contribution in [1.29, 1.82) is 0 Å². The Morgan fingerprint density at radius 1 is 0.833 bits per heavy atom. The molecule has 24 heavy (non-hydrogen) atoms. The number of anilines is 1. The van der Waals surface area contributed by atoms with E-state index in [-0.39, 0.29) is 24.9 Å². The third-order valence-electron chi connectivity index (χ3n) is 3.64. The van der Waals surface area contributed by atoms with Gasteiger partial charge < -0.3 is 16.4 Å². The predicted octanol–water partition coefficient (Wildman–Crippen LogP) is 1.88. The molecule has 0 saturated carbocycles. The van der Waals surface area contributed by atoms with Gasteiger partial charge in [-0.05, 0) is 42.5 Å². The fourth-order valence-electron chi connectivity index (χ4n) is 2.35. The lowest BCUT2D eigenvalue weighted by Crippen LogP contribution is -2.36. The van der Waals surface area contributed by atoms with Crippen molar-refractivity contribution in [3.63, 3.8) is 0 Å². The van der Waals surface area contributed by atoms with E-state index in [9.17, 15) is 9.59 Å². The number of hydrogen-bond donors (Lipinski definition) is 3. The largest absolute Gasteiger partial charge is 0.346 e. The molecule has 5 heteroatoms. The van der Waals surface area contributed by atoms with Crippen LogP contribution in [0.1, 0.15) is 17.5 Å². The highest BCUT2D eigenvalue weighted by Crippen LogP contribution is 2.12. The van der Waals surface area contributed by atoms with Crippen molar-refractivity contribution in [2.75, 3.05) is 18.4 Å². The minimum Gasteiger partial charge on any atom is -0.346 e. The molecule has 4 N–H and O–H groups in total. The summed E-state index contributed by atoms with van der Waals surface area (Å²) in [5, 5.41) is 5.17. The quantitative estimate of drug-likeness (QED) is 0.693. The van der Waals surface area contributed by atoms with Gasteiger partial charge in [0, 0.05) is 5.69 Å². The Balaban J connectivity index is 1.74. The van der Waals surface area contributed by atoms with Gasteiger partial charge in [0.1, 0.15) is 0 Å². The number of amides is 2. The van der Waals surface area contributed by atoms with Crippen LogP contribution in [0.4, 0.5) is 5.69 Å². The second-order valence-electron chi connectivity index (χ2n) is 5.57. The van der Waals surface area contributed by atoms with Crippen LogP contribution in [0.15, 0.2) is 54.6 Å². The number of nitrogens with two attached hydrogens (primary N) is 1. The third kappa shape index (κ3) is 6.22. The van der Waals surface area contributed by atoms with Gasteiger partial charge >= 0.3 is 0 Å². The monoisotopic (exact) mass is 325 g/mol. The summed E-state index contributed by atoms with van der Waals surface area (Å²) in [7, 11) is 0. The van der Waals surface area contributed by atoms with Crippen LogP contribution in [0, 0.1) is 0 Å². The second kappa shape index (κ2) is 9.47. The average Bonchev–Trinajstić information content (AvgIpc) is 2.62. The van der Waals surface area contributed by atoms with Crippen molar-refractivity contribution < 1.29 is 9.59 Å². The molecule has 0 heterocycles. The van der Waals surface area contributed by atoms with Crippen LogP contribution in [0.2, 0.25) is 0 Å². The summed E-state index contributed by atoms with van der Waals surface area (Å²) < 4.78 is 0. The molecule has 0 aliphatic heterocycles. The molecule has 0 aliphatic carbocycles. The van der Waals surface area contributed by atoms with Gasteiger partial charge in [-0.1, -0.05) is 42.5 Å². The first-order valence-corrected chi connectivity index (χ1v) is 8.07. The Bertz CT molecular complexity index is 654. The zero-order valence-corrected chi connectivity index (χ0v) is 13.6. The van der Waals surface area contributed by atoms with E-state index in [0.29, 0.717) is 5.69 Å². The molecule has 0 saturated heterocycles. The first-order chi connectivity index (χ1) is 11.7. The molecule has 2 rings (SSSR count). The normalized spacial score (nSPS) is 10.2. The first kappa shape index (κ1) is 17.7. The summed E-state index contributed by atoms with van der Waals surface area (Å²) in [5.41, 5.74) is 8.46. The minimum atomic E-state index is -0.348. The fourth-order valence-corrected chi connectivity index (χ4v) is 2.35. The molecule has 5 nitrogen and oxygen atoms in total. The fraction of sp³-hybridized carbons (Fsp3) is 0.263. The molecule has 126 valence electrons. The van der Waals surface area contributed by atoms with Crippen molar-refractivity contribution in [2.45, 2.75) is 19.3 Å². The number of benzene rings is 2. The molecule has 2 aromatic rings. The van der Waals surface area contributed by atoms with Gasteiger partial charge in [0.15, 0.2) is 0 Å². The lowest BCUT2D eigenvalue weighted by atomic mass is 10.0. The van der Waals surface area contributed by atoms with E-state index in [2.05, 4.69) is 34.9 Å². The SMILES string of the molecule is NCC(=O)NCC(=O)Nc1ccc(CCCc2ccccc2)cc1. The Labute approximate surface area is 142 Å². The van der Waals surface area contributed by atoms with Crippen molar-refractivity contribution in [3.8, 4) is 0 Å². The van der Waals surface area contributed by atoms with Crippen LogP contribution in [-0.2, 0) is 22.4 Å². The topological polar surface area (TPSA) is 84.2 Å². The second-order valence-corrected chi connectivity index (χ2v) is 5.57. The lowest BCUT2D eigenvalue weighted by Gasteiger charge is -2.07. The summed E-state index contributed by atoms with van der Waals surface area (Å²) >= 11 is 0. The van der Waals surface area contributed by atoms with E-state index in [0.717, 1.165) is 19.3 Å². The van der Waals surface area contributed by atoms with Gasteiger partial charge in [0.05, 0.1) is 13.1 Å². The third-order valence-corrected chi connectivity index (χ3v) is 3.64. The molecule has 2 aromatic carbocycles. The molecule has 0 aliphatic rings. The Kier molecular flexibility index (Phi) is 6.98. The van der Waals surface area contributed by atoms with Crippen LogP contribution >= 0.6 is 0 Å². The van der Waals surface area contributed by atoms with Crippen molar-refractivity contribution in [3.05, 3.63) is 65.7 Å². The number of hydrogen-bond acceptors (Lipinski definition) is 3. The summed E-state index contributed by atoms with van der Waals surface area (Å²) in [6.45, 7) is -0.195. The summed E-state index contributed by atoms with van der Waals surface area (Å²) in [4.78, 5) is 22.7. The molecule has 0 fully saturated rings. The summed E-state index contributed by atoms with van der Waals surface area (Å²) in [6, 6.07) is 18.2. The van der Waals surface area contributed by atoms with Gasteiger partial charge in [0.2, 0.25) is 11.8 Å². The maximum atomic E-state index is 11.7. The van der Waals surface area contributed by atoms with Crippen molar-refractivity contribution in [2.24, 2.45) is 5.73 Å². The van der Waals surface area contributed by atoms with Crippen LogP contribution in [0.25, 0.3) is 0 Å². The van der Waals surface area contributed by atoms with Gasteiger partial charge in [-0.3, -0.25) is 9.59 Å². The zero-order valence-electron chi connectivity index (χ0n) is 13.6. The van der Waals surface area contributed by atoms with E-state index < -0.39 is 0 Å². The lowest BCUT2D eigenvalue weighted by molar-refractivity contribution is -0.123. The summed E-state index contributed by atoms with van der Waals surface area (Å²) in [6.07, 6.45) is 3.14. The smallest absolute Gasteiger partial charge is 0.243 e. The van der Waals surface area contributed by atoms with E-state index in [4.69, 9.17) is 5.73 Å². The zero-order chi connectivity index (χ0) is 17.2. The molecule has 2 amide bonds. The number of carbonyl (C=O) groups is 2. The Hall–Kier alpha value is -2.66. The van der Waals surface area contributed by atoms with Crippen LogP contribution < -0.4 is 16.4 Å². The highest BCUT2D eigenvalue weighted by atomic mass is 16.2. The molecule has 0 radical (unpaired) electrons. The molecular formula is C19H23N3O2. The maximum absolute atomic E-state index is 11.7. The molecule has 0 atom stereocenters. The van der Waals surface area contributed by atoms with E-state index in [1.165, 1.54) is 11.1 Å². The number of nitrogens with one attached hydrogen (secondary N) is 2. The number of carbonyl (C=O) groups excluding carboxylic acids is 2. The predicted molar refractivity (Wildman–Crippen MR) is 95.6 cm³/mol. The van der Waals surface area contributed by atoms with Gasteiger partial charge in [-0.2, -0.15) is 0 Å². The summed E-state index contributed by atoms with van der Waals surface area (Å²) in [5.74, 6) is -0.618. The number of rotatable bonds is 8. The molecule has 0 aromatic heterocycles. The average molecular weight is 325 g/mol. The molecule has 0 bridgehead atoms. The van der Waals surface area contributed by atoms with Gasteiger partial charge in [-0.25, -0.2) is 0 Å². The van der Waals surface area contributed by atoms with Gasteiger partial charge in [-0.15, -0.1) is 0 Å². The molecule has 0 unspecified atom stereocenters. The van der Waals surface area contributed by atoms with E-state index in [1.54, 1.807) is 0 Å². The highest BCUT2D eigenvalue weighted by Gasteiger charge is 2.04. The molecule has 0 spiro atoms. The first-order valence-electron chi connectivity index (χ1n) is 8.07. The van der Waals surface area contributed by atoms with Crippen molar-refractivity contribution in [1.82, 2.24) is 5.32 Å². The van der Waals surface area contributed by atoms with Gasteiger partial charge in [0.25, 0.3) is 0 Å². The van der Waals surface area contributed by atoms with Crippen LogP contribution in [0.3, 0.4) is 0 Å². The number of aryl methyl sites for hydroxylation is 2. The maximum Gasteiger partial charge on any atom is 0.243 e. The Morgan fingerprint density at radius 3 is 2.08 bits per heavy atom. The minimum absolute atomic E-state index is 0.0745. The molecular weight excluding hydrogens is 302 g/mol.